The van der Waals surface area contributed by atoms with Gasteiger partial charge in [0.05, 0.1) is 19.8 Å². The average Bonchev–Trinajstić information content (AvgIpc) is 2.62. The Bertz CT molecular complexity index is 659. The normalized spacial score (nSPS) is 10.2. The Morgan fingerprint density at radius 1 is 0.960 bits per heavy atom. The smallest absolute Gasteiger partial charge is 0.243 e. The van der Waals surface area contributed by atoms with E-state index in [4.69, 9.17) is 14.2 Å². The largest absolute Gasteiger partial charge is 0.494 e. The number of methoxy groups -OCH3 is 1. The van der Waals surface area contributed by atoms with Gasteiger partial charge in [0, 0.05) is 24.6 Å². The van der Waals surface area contributed by atoms with E-state index < -0.39 is 0 Å². The van der Waals surface area contributed by atoms with Crippen LogP contribution in [0.2, 0.25) is 0 Å². The SMILES string of the molecule is CCOc1cccc(NC(=O)CNc2ccc(OCCOC)cc2)c1. The quantitative estimate of drug-likeness (QED) is 0.648. The fourth-order valence-corrected chi connectivity index (χ4v) is 2.13. The van der Waals surface area contributed by atoms with Crippen molar-refractivity contribution in [1.29, 1.82) is 0 Å². The maximum atomic E-state index is 12.0. The lowest BCUT2D eigenvalue weighted by Gasteiger charge is -2.10. The fourth-order valence-electron chi connectivity index (χ4n) is 2.13. The van der Waals surface area contributed by atoms with Crippen LogP contribution in [0.3, 0.4) is 0 Å². The second-order valence-corrected chi connectivity index (χ2v) is 5.23. The Kier molecular flexibility index (Phi) is 7.59. The van der Waals surface area contributed by atoms with Crippen molar-refractivity contribution in [2.45, 2.75) is 6.92 Å². The summed E-state index contributed by atoms with van der Waals surface area (Å²) in [6.07, 6.45) is 0. The Balaban J connectivity index is 1.78. The minimum absolute atomic E-state index is 0.130. The van der Waals surface area contributed by atoms with Gasteiger partial charge in [-0.3, -0.25) is 4.79 Å². The first kappa shape index (κ1) is 18.6. The Morgan fingerprint density at radius 3 is 2.48 bits per heavy atom. The van der Waals surface area contributed by atoms with E-state index in [0.717, 1.165) is 17.2 Å². The molecule has 0 bridgehead atoms. The molecular formula is C19H24N2O4. The molecule has 0 unspecified atom stereocenters. The summed E-state index contributed by atoms with van der Waals surface area (Å²) in [7, 11) is 1.63. The Morgan fingerprint density at radius 2 is 1.76 bits per heavy atom. The third-order valence-corrected chi connectivity index (χ3v) is 3.29. The molecule has 2 N–H and O–H groups in total. The molecule has 0 saturated heterocycles. The highest BCUT2D eigenvalue weighted by Crippen LogP contribution is 2.18. The van der Waals surface area contributed by atoms with Crippen molar-refractivity contribution in [2.24, 2.45) is 0 Å². The van der Waals surface area contributed by atoms with Crippen LogP contribution in [0.1, 0.15) is 6.92 Å². The number of nitrogens with one attached hydrogen (secondary N) is 2. The van der Waals surface area contributed by atoms with E-state index in [9.17, 15) is 4.79 Å². The maximum Gasteiger partial charge on any atom is 0.243 e. The van der Waals surface area contributed by atoms with Crippen molar-refractivity contribution in [3.05, 3.63) is 48.5 Å². The summed E-state index contributed by atoms with van der Waals surface area (Å²) < 4.78 is 15.8. The topological polar surface area (TPSA) is 68.8 Å². The predicted octanol–water partition coefficient (Wildman–Crippen LogP) is 3.16. The molecule has 6 nitrogen and oxygen atoms in total. The molecule has 0 atom stereocenters. The number of carbonyl (C=O) groups is 1. The van der Waals surface area contributed by atoms with Crippen LogP contribution in [-0.4, -0.2) is 39.4 Å². The highest BCUT2D eigenvalue weighted by molar-refractivity contribution is 5.93. The Hall–Kier alpha value is -2.73. The summed E-state index contributed by atoms with van der Waals surface area (Å²) in [4.78, 5) is 12.0. The molecule has 2 aromatic rings. The third kappa shape index (κ3) is 6.73. The van der Waals surface area contributed by atoms with Crippen molar-refractivity contribution in [3.63, 3.8) is 0 Å². The number of amides is 1. The lowest BCUT2D eigenvalue weighted by Crippen LogP contribution is -2.21. The molecule has 0 aromatic heterocycles. The van der Waals surface area contributed by atoms with E-state index in [1.165, 1.54) is 0 Å². The third-order valence-electron chi connectivity index (χ3n) is 3.29. The van der Waals surface area contributed by atoms with Crippen molar-refractivity contribution < 1.29 is 19.0 Å². The lowest BCUT2D eigenvalue weighted by molar-refractivity contribution is -0.114. The van der Waals surface area contributed by atoms with E-state index in [2.05, 4.69) is 10.6 Å². The van der Waals surface area contributed by atoms with Crippen LogP contribution in [0.5, 0.6) is 11.5 Å². The standard InChI is InChI=1S/C19H24N2O4/c1-3-24-18-6-4-5-16(13-18)21-19(22)14-20-15-7-9-17(10-8-15)25-12-11-23-2/h4-10,13,20H,3,11-12,14H2,1-2H3,(H,21,22). The van der Waals surface area contributed by atoms with Crippen molar-refractivity contribution in [2.75, 3.05) is 44.1 Å². The molecular weight excluding hydrogens is 320 g/mol. The van der Waals surface area contributed by atoms with Gasteiger partial charge in [-0.25, -0.2) is 0 Å². The molecule has 6 heteroatoms. The average molecular weight is 344 g/mol. The van der Waals surface area contributed by atoms with Gasteiger partial charge in [-0.2, -0.15) is 0 Å². The molecule has 0 aliphatic carbocycles. The monoisotopic (exact) mass is 344 g/mol. The minimum Gasteiger partial charge on any atom is -0.494 e. The first-order chi connectivity index (χ1) is 12.2. The molecule has 2 aromatic carbocycles. The zero-order chi connectivity index (χ0) is 17.9. The van der Waals surface area contributed by atoms with Gasteiger partial charge < -0.3 is 24.8 Å². The number of hydrogen-bond acceptors (Lipinski definition) is 5. The minimum atomic E-state index is -0.130. The zero-order valence-corrected chi connectivity index (χ0v) is 14.6. The molecule has 2 rings (SSSR count). The number of benzene rings is 2. The van der Waals surface area contributed by atoms with Crippen LogP contribution in [0.15, 0.2) is 48.5 Å². The summed E-state index contributed by atoms with van der Waals surface area (Å²) in [6.45, 7) is 3.73. The van der Waals surface area contributed by atoms with Crippen LogP contribution < -0.4 is 20.1 Å². The maximum absolute atomic E-state index is 12.0. The first-order valence-corrected chi connectivity index (χ1v) is 8.19. The number of anilines is 2. The van der Waals surface area contributed by atoms with Gasteiger partial charge in [-0.1, -0.05) is 6.07 Å². The number of carbonyl (C=O) groups excluding carboxylic acids is 1. The molecule has 0 spiro atoms. The van der Waals surface area contributed by atoms with Crippen molar-refractivity contribution in [3.8, 4) is 11.5 Å². The number of ether oxygens (including phenoxy) is 3. The number of hydrogen-bond donors (Lipinski definition) is 2. The van der Waals surface area contributed by atoms with Gasteiger partial charge in [0.1, 0.15) is 18.1 Å². The van der Waals surface area contributed by atoms with Crippen LogP contribution in [-0.2, 0) is 9.53 Å². The molecule has 134 valence electrons. The van der Waals surface area contributed by atoms with Gasteiger partial charge in [0.25, 0.3) is 0 Å². The summed E-state index contributed by atoms with van der Waals surface area (Å²) in [5.41, 5.74) is 1.55. The second kappa shape index (κ2) is 10.2. The highest BCUT2D eigenvalue weighted by atomic mass is 16.5. The molecule has 0 fully saturated rings. The summed E-state index contributed by atoms with van der Waals surface area (Å²) >= 11 is 0. The van der Waals surface area contributed by atoms with Crippen LogP contribution in [0.25, 0.3) is 0 Å². The highest BCUT2D eigenvalue weighted by Gasteiger charge is 2.04. The summed E-state index contributed by atoms with van der Waals surface area (Å²) in [5.74, 6) is 1.37. The fraction of sp³-hybridized carbons (Fsp3) is 0.316. The van der Waals surface area contributed by atoms with Crippen LogP contribution in [0.4, 0.5) is 11.4 Å². The molecule has 0 aliphatic rings. The molecule has 0 radical (unpaired) electrons. The predicted molar refractivity (Wildman–Crippen MR) is 98.5 cm³/mol. The van der Waals surface area contributed by atoms with Gasteiger partial charge in [-0.15, -0.1) is 0 Å². The molecule has 25 heavy (non-hydrogen) atoms. The van der Waals surface area contributed by atoms with Gasteiger partial charge >= 0.3 is 0 Å². The zero-order valence-electron chi connectivity index (χ0n) is 14.6. The number of rotatable bonds is 10. The summed E-state index contributed by atoms with van der Waals surface area (Å²) in [5, 5.41) is 5.91. The van der Waals surface area contributed by atoms with Crippen molar-refractivity contribution in [1.82, 2.24) is 0 Å². The lowest BCUT2D eigenvalue weighted by atomic mass is 10.3. The van der Waals surface area contributed by atoms with Crippen molar-refractivity contribution >= 4 is 17.3 Å². The van der Waals surface area contributed by atoms with Crippen LogP contribution in [0, 0.1) is 0 Å². The summed E-state index contributed by atoms with van der Waals surface area (Å²) in [6, 6.07) is 14.8. The molecule has 1 amide bonds. The molecule has 0 saturated carbocycles. The van der Waals surface area contributed by atoms with Gasteiger partial charge in [0.2, 0.25) is 5.91 Å². The van der Waals surface area contributed by atoms with Gasteiger partial charge in [0.15, 0.2) is 0 Å². The molecule has 0 heterocycles. The van der Waals surface area contributed by atoms with Crippen LogP contribution >= 0.6 is 0 Å². The first-order valence-electron chi connectivity index (χ1n) is 8.19. The second-order valence-electron chi connectivity index (χ2n) is 5.23. The molecule has 0 aliphatic heterocycles. The van der Waals surface area contributed by atoms with E-state index >= 15 is 0 Å². The van der Waals surface area contributed by atoms with E-state index in [1.54, 1.807) is 13.2 Å². The van der Waals surface area contributed by atoms with E-state index in [0.29, 0.717) is 25.5 Å². The van der Waals surface area contributed by atoms with E-state index in [1.807, 2.05) is 49.4 Å². The van der Waals surface area contributed by atoms with E-state index in [-0.39, 0.29) is 12.5 Å². The van der Waals surface area contributed by atoms with Gasteiger partial charge in [-0.05, 0) is 43.3 Å². The Labute approximate surface area is 148 Å².